The van der Waals surface area contributed by atoms with E-state index in [9.17, 15) is 24.6 Å². The maximum absolute atomic E-state index is 14.1. The van der Waals surface area contributed by atoms with Gasteiger partial charge in [0.25, 0.3) is 0 Å². The summed E-state index contributed by atoms with van der Waals surface area (Å²) in [7, 11) is 4.24. The molecule has 0 aromatic heterocycles. The zero-order valence-electron chi connectivity index (χ0n) is 34.4. The number of aliphatic hydroxyl groups is 1. The Morgan fingerprint density at radius 3 is 2.19 bits per heavy atom. The van der Waals surface area contributed by atoms with E-state index >= 15 is 0 Å². The lowest BCUT2D eigenvalue weighted by molar-refractivity contribution is -0.214. The maximum atomic E-state index is 14.1. The zero-order valence-corrected chi connectivity index (χ0v) is 34.4. The number of Topliss-reactive ketones (excluding diaryl/α,β-unsaturated/α-hetero) is 1. The van der Waals surface area contributed by atoms with Crippen molar-refractivity contribution in [2.75, 3.05) is 40.3 Å². The average molecular weight is 725 g/mol. The van der Waals surface area contributed by atoms with Crippen molar-refractivity contribution in [3.63, 3.8) is 0 Å². The highest BCUT2D eigenvalue weighted by Gasteiger charge is 2.67. The van der Waals surface area contributed by atoms with Crippen LogP contribution in [0.15, 0.2) is 11.1 Å². The van der Waals surface area contributed by atoms with Gasteiger partial charge in [0.15, 0.2) is 5.78 Å². The van der Waals surface area contributed by atoms with Crippen LogP contribution in [0.3, 0.4) is 0 Å². The second-order valence-electron chi connectivity index (χ2n) is 20.9. The van der Waals surface area contributed by atoms with Crippen molar-refractivity contribution in [1.82, 2.24) is 9.80 Å². The first-order valence-electron chi connectivity index (χ1n) is 20.9. The molecule has 8 nitrogen and oxygen atoms in total. The van der Waals surface area contributed by atoms with Crippen LogP contribution in [0.25, 0.3) is 0 Å². The van der Waals surface area contributed by atoms with Crippen molar-refractivity contribution < 1.29 is 29.3 Å². The molecule has 6 rings (SSSR count). The summed E-state index contributed by atoms with van der Waals surface area (Å²) in [6, 6.07) is 0. The van der Waals surface area contributed by atoms with Crippen LogP contribution in [0.5, 0.6) is 0 Å². The highest BCUT2D eigenvalue weighted by atomic mass is 16.5. The lowest BCUT2D eigenvalue weighted by Gasteiger charge is -2.69. The van der Waals surface area contributed by atoms with Crippen LogP contribution in [-0.2, 0) is 19.1 Å². The summed E-state index contributed by atoms with van der Waals surface area (Å²) < 4.78 is 6.17. The van der Waals surface area contributed by atoms with Crippen LogP contribution in [0.4, 0.5) is 0 Å². The van der Waals surface area contributed by atoms with E-state index in [0.717, 1.165) is 82.5 Å². The van der Waals surface area contributed by atoms with Crippen LogP contribution in [-0.4, -0.2) is 90.2 Å². The Balaban J connectivity index is 1.25. The minimum atomic E-state index is -1.15. The van der Waals surface area contributed by atoms with E-state index in [1.807, 2.05) is 0 Å². The van der Waals surface area contributed by atoms with Crippen LogP contribution in [0.2, 0.25) is 0 Å². The number of carboxylic acid groups (broad SMARTS) is 1. The Bertz CT molecular complexity index is 1430. The number of allylic oxidation sites excluding steroid dienone is 1. The van der Waals surface area contributed by atoms with E-state index in [0.29, 0.717) is 36.6 Å². The summed E-state index contributed by atoms with van der Waals surface area (Å²) in [5.74, 6) is 1.58. The maximum Gasteiger partial charge on any atom is 0.309 e. The second kappa shape index (κ2) is 14.1. The van der Waals surface area contributed by atoms with Gasteiger partial charge in [-0.1, -0.05) is 47.1 Å². The second-order valence-corrected chi connectivity index (χ2v) is 20.9. The van der Waals surface area contributed by atoms with Gasteiger partial charge in [0.1, 0.15) is 6.10 Å². The molecular weight excluding hydrogens is 652 g/mol. The lowest BCUT2D eigenvalue weighted by atomic mass is 9.36. The van der Waals surface area contributed by atoms with E-state index in [2.05, 4.69) is 65.4 Å². The fourth-order valence-electron chi connectivity index (χ4n) is 13.3. The van der Waals surface area contributed by atoms with Crippen LogP contribution >= 0.6 is 0 Å². The molecule has 9 atom stereocenters. The van der Waals surface area contributed by atoms with Crippen molar-refractivity contribution in [1.29, 1.82) is 0 Å². The summed E-state index contributed by atoms with van der Waals surface area (Å²) >= 11 is 0. The molecule has 294 valence electrons. The molecule has 0 aromatic rings. The van der Waals surface area contributed by atoms with Gasteiger partial charge >= 0.3 is 11.9 Å². The van der Waals surface area contributed by atoms with Crippen LogP contribution in [0, 0.1) is 62.6 Å². The summed E-state index contributed by atoms with van der Waals surface area (Å²) in [6.07, 6.45) is 10.4. The van der Waals surface area contributed by atoms with E-state index in [4.69, 9.17) is 4.74 Å². The predicted octanol–water partition coefficient (Wildman–Crippen LogP) is 7.62. The standard InChI is InChI=1S/C44H72N2O6/c1-27(2)37-31(47)23-44(34(48)26-46(22-21-45(9)10)25-28-11-12-28)20-15-30-29(38(37)44)13-14-33-42(30,7)18-16-32-41(5,6)35(17-19-43(32,33)8)52-36(49)24-40(3,4)39(50)51/h27-30,32-35,48H,11-26H2,1-10H3,(H,50,51)/t29?,30?,32?,33?,34-,35?,42?,43?,44?/m0/s1. The summed E-state index contributed by atoms with van der Waals surface area (Å²) in [6.45, 7) is 20.9. The molecule has 0 radical (unpaired) electrons. The number of hydrogen-bond donors (Lipinski definition) is 2. The number of carboxylic acids is 1. The molecule has 8 unspecified atom stereocenters. The monoisotopic (exact) mass is 725 g/mol. The van der Waals surface area contributed by atoms with Gasteiger partial charge in [-0.05, 0) is 144 Å². The molecule has 0 amide bonds. The number of aliphatic carboxylic acids is 1. The minimum Gasteiger partial charge on any atom is -0.481 e. The number of esters is 1. The van der Waals surface area contributed by atoms with Crippen molar-refractivity contribution in [2.45, 2.75) is 145 Å². The Kier molecular flexibility index (Phi) is 10.8. The first-order valence-corrected chi connectivity index (χ1v) is 20.9. The van der Waals surface area contributed by atoms with E-state index in [-0.39, 0.29) is 40.5 Å². The van der Waals surface area contributed by atoms with E-state index < -0.39 is 28.9 Å². The molecule has 0 aliphatic heterocycles. The van der Waals surface area contributed by atoms with E-state index in [1.54, 1.807) is 13.8 Å². The van der Waals surface area contributed by atoms with Gasteiger partial charge in [0, 0.05) is 43.4 Å². The van der Waals surface area contributed by atoms with Crippen LogP contribution < -0.4 is 0 Å². The number of ketones is 1. The first-order chi connectivity index (χ1) is 24.2. The van der Waals surface area contributed by atoms with E-state index in [1.165, 1.54) is 18.4 Å². The van der Waals surface area contributed by atoms with Gasteiger partial charge in [0.2, 0.25) is 0 Å². The highest BCUT2D eigenvalue weighted by Crippen LogP contribution is 2.73. The predicted molar refractivity (Wildman–Crippen MR) is 204 cm³/mol. The number of carbonyl (C=O) groups excluding carboxylic acids is 2. The Morgan fingerprint density at radius 2 is 1.58 bits per heavy atom. The SMILES string of the molecule is CC(C)C1=C2C3CCC4C(C)(CCC5C(C)(C)C(OC(=O)CC(C)(C)C(=O)O)CCC54C)C3CCC2([C@@H](O)CN(CCN(C)C)CC2CC2)CC1=O. The number of likely N-dealkylation sites (N-methyl/N-ethyl adjacent to an activating group) is 1. The van der Waals surface area contributed by atoms with Gasteiger partial charge in [-0.2, -0.15) is 0 Å². The van der Waals surface area contributed by atoms with Gasteiger partial charge in [0.05, 0.1) is 17.9 Å². The summed E-state index contributed by atoms with van der Waals surface area (Å²) in [5, 5.41) is 22.0. The fourth-order valence-corrected chi connectivity index (χ4v) is 13.3. The molecule has 0 saturated heterocycles. The van der Waals surface area contributed by atoms with Crippen molar-refractivity contribution in [2.24, 2.45) is 62.6 Å². The number of hydrogen-bond acceptors (Lipinski definition) is 7. The third-order valence-electron chi connectivity index (χ3n) is 16.2. The summed E-state index contributed by atoms with van der Waals surface area (Å²) in [4.78, 5) is 43.6. The molecule has 52 heavy (non-hydrogen) atoms. The lowest BCUT2D eigenvalue weighted by Crippen LogP contribution is -2.63. The van der Waals surface area contributed by atoms with Crippen molar-refractivity contribution >= 4 is 17.7 Å². The zero-order chi connectivity index (χ0) is 38.2. The average Bonchev–Trinajstić information content (AvgIpc) is 3.79. The van der Waals surface area contributed by atoms with Gasteiger partial charge in [-0.3, -0.25) is 19.3 Å². The molecule has 0 bridgehead atoms. The van der Waals surface area contributed by atoms with Gasteiger partial charge in [-0.15, -0.1) is 0 Å². The Morgan fingerprint density at radius 1 is 0.904 bits per heavy atom. The molecule has 5 fully saturated rings. The largest absolute Gasteiger partial charge is 0.481 e. The molecule has 0 heterocycles. The Labute approximate surface area is 314 Å². The normalized spacial score (nSPS) is 37.8. The van der Waals surface area contributed by atoms with Gasteiger partial charge in [-0.25, -0.2) is 0 Å². The quantitative estimate of drug-likeness (QED) is 0.187. The topological polar surface area (TPSA) is 107 Å². The fraction of sp³-hybridized carbons (Fsp3) is 0.886. The third kappa shape index (κ3) is 6.86. The number of aliphatic hydroxyl groups excluding tert-OH is 1. The van der Waals surface area contributed by atoms with Crippen molar-refractivity contribution in [3.05, 3.63) is 11.1 Å². The first kappa shape index (κ1) is 39.9. The van der Waals surface area contributed by atoms with Crippen LogP contribution in [0.1, 0.15) is 132 Å². The number of fused-ring (bicyclic) bond motifs is 7. The molecule has 2 N–H and O–H groups in total. The summed E-state index contributed by atoms with van der Waals surface area (Å²) in [5.41, 5.74) is 0.844. The molecule has 5 saturated carbocycles. The van der Waals surface area contributed by atoms with Gasteiger partial charge < -0.3 is 19.8 Å². The molecule has 6 aliphatic carbocycles. The smallest absolute Gasteiger partial charge is 0.309 e. The number of nitrogens with zero attached hydrogens (tertiary/aromatic N) is 2. The third-order valence-corrected chi connectivity index (χ3v) is 16.2. The number of ether oxygens (including phenoxy) is 1. The molecular formula is C44H72N2O6. The molecule has 0 spiro atoms. The molecule has 0 aromatic carbocycles. The highest BCUT2D eigenvalue weighted by molar-refractivity contribution is 6.00. The number of carbonyl (C=O) groups is 3. The molecule has 8 heteroatoms. The number of rotatable bonds is 13. The Hall–Kier alpha value is -1.77. The van der Waals surface area contributed by atoms with Crippen molar-refractivity contribution in [3.8, 4) is 0 Å². The minimum absolute atomic E-state index is 0.106. The molecule has 6 aliphatic rings.